The first-order valence-corrected chi connectivity index (χ1v) is 6.79. The fourth-order valence-electron chi connectivity index (χ4n) is 2.93. The van der Waals surface area contributed by atoms with Gasteiger partial charge in [0.15, 0.2) is 0 Å². The molecule has 2 N–H and O–H groups in total. The Labute approximate surface area is 114 Å². The molecule has 2 unspecified atom stereocenters. The second kappa shape index (κ2) is 5.00. The molecule has 2 atom stereocenters. The maximum absolute atomic E-state index is 12.8. The molecule has 3 rings (SSSR count). The van der Waals surface area contributed by atoms with Crippen molar-refractivity contribution in [3.8, 4) is 0 Å². The Kier molecular flexibility index (Phi) is 3.31. The van der Waals surface area contributed by atoms with Crippen LogP contribution in [0.4, 0.5) is 18.9 Å². The van der Waals surface area contributed by atoms with Gasteiger partial charge in [-0.2, -0.15) is 18.3 Å². The highest BCUT2D eigenvalue weighted by molar-refractivity contribution is 5.89. The van der Waals surface area contributed by atoms with Crippen molar-refractivity contribution >= 4 is 16.6 Å². The van der Waals surface area contributed by atoms with Crippen LogP contribution >= 0.6 is 0 Å². The standard InChI is InChI=1S/C14H16F3N3/c15-14(16,17)10-4-2-5-11(7-10)19-12-6-1-3-9-8-18-20-13(9)12/h1,3,6,8,10-11,19H,2,4-5,7H2,(H,18,20). The molecule has 1 fully saturated rings. The fraction of sp³-hybridized carbons (Fsp3) is 0.500. The number of para-hydroxylation sites is 1. The number of H-pyrrole nitrogens is 1. The van der Waals surface area contributed by atoms with Crippen LogP contribution < -0.4 is 5.32 Å². The number of rotatable bonds is 2. The van der Waals surface area contributed by atoms with Gasteiger partial charge in [-0.15, -0.1) is 0 Å². The van der Waals surface area contributed by atoms with Crippen LogP contribution in [0.1, 0.15) is 25.7 Å². The number of nitrogens with zero attached hydrogens (tertiary/aromatic N) is 1. The molecule has 1 aliphatic carbocycles. The van der Waals surface area contributed by atoms with Crippen molar-refractivity contribution in [3.63, 3.8) is 0 Å². The molecule has 0 amide bonds. The van der Waals surface area contributed by atoms with E-state index in [9.17, 15) is 13.2 Å². The number of fused-ring (bicyclic) bond motifs is 1. The molecule has 0 radical (unpaired) electrons. The number of hydrogen-bond acceptors (Lipinski definition) is 2. The van der Waals surface area contributed by atoms with E-state index in [2.05, 4.69) is 15.5 Å². The first-order chi connectivity index (χ1) is 9.54. The van der Waals surface area contributed by atoms with Gasteiger partial charge in [-0.3, -0.25) is 5.10 Å². The molecule has 0 aliphatic heterocycles. The van der Waals surface area contributed by atoms with Crippen molar-refractivity contribution in [2.45, 2.75) is 37.9 Å². The number of halogens is 3. The summed E-state index contributed by atoms with van der Waals surface area (Å²) in [7, 11) is 0. The fourth-order valence-corrected chi connectivity index (χ4v) is 2.93. The Bertz CT molecular complexity index is 591. The van der Waals surface area contributed by atoms with Crippen LogP contribution in [-0.4, -0.2) is 22.4 Å². The van der Waals surface area contributed by atoms with Crippen LogP contribution in [0.2, 0.25) is 0 Å². The zero-order valence-corrected chi connectivity index (χ0v) is 10.9. The predicted molar refractivity (Wildman–Crippen MR) is 71.5 cm³/mol. The number of aromatic amines is 1. The van der Waals surface area contributed by atoms with E-state index in [1.54, 1.807) is 6.20 Å². The number of anilines is 1. The number of nitrogens with one attached hydrogen (secondary N) is 2. The molecule has 1 heterocycles. The average molecular weight is 283 g/mol. The Balaban J connectivity index is 1.76. The lowest BCUT2D eigenvalue weighted by molar-refractivity contribution is -0.182. The van der Waals surface area contributed by atoms with E-state index in [0.29, 0.717) is 6.42 Å². The SMILES string of the molecule is FC(F)(F)C1CCCC(Nc2cccc3cn[nH]c23)C1. The minimum atomic E-state index is -4.08. The highest BCUT2D eigenvalue weighted by atomic mass is 19.4. The van der Waals surface area contributed by atoms with Gasteiger partial charge in [0.2, 0.25) is 0 Å². The first-order valence-electron chi connectivity index (χ1n) is 6.79. The average Bonchev–Trinajstić information content (AvgIpc) is 2.87. The van der Waals surface area contributed by atoms with E-state index in [-0.39, 0.29) is 18.9 Å². The number of hydrogen-bond donors (Lipinski definition) is 2. The Morgan fingerprint density at radius 1 is 1.25 bits per heavy atom. The number of benzene rings is 1. The minimum absolute atomic E-state index is 0.135. The monoisotopic (exact) mass is 283 g/mol. The van der Waals surface area contributed by atoms with Gasteiger partial charge >= 0.3 is 6.18 Å². The zero-order chi connectivity index (χ0) is 14.2. The van der Waals surface area contributed by atoms with E-state index in [4.69, 9.17) is 0 Å². The van der Waals surface area contributed by atoms with Crippen LogP contribution in [0.3, 0.4) is 0 Å². The van der Waals surface area contributed by atoms with Gasteiger partial charge in [0.05, 0.1) is 23.3 Å². The van der Waals surface area contributed by atoms with Gasteiger partial charge < -0.3 is 5.32 Å². The summed E-state index contributed by atoms with van der Waals surface area (Å²) in [4.78, 5) is 0. The van der Waals surface area contributed by atoms with Crippen molar-refractivity contribution < 1.29 is 13.2 Å². The summed E-state index contributed by atoms with van der Waals surface area (Å²) in [5.41, 5.74) is 1.68. The summed E-state index contributed by atoms with van der Waals surface area (Å²) in [6, 6.07) is 5.54. The van der Waals surface area contributed by atoms with Crippen LogP contribution in [0.5, 0.6) is 0 Å². The second-order valence-electron chi connectivity index (χ2n) is 5.39. The molecule has 1 saturated carbocycles. The third kappa shape index (κ3) is 2.59. The summed E-state index contributed by atoms with van der Waals surface area (Å²) in [5, 5.41) is 11.0. The molecule has 0 bridgehead atoms. The predicted octanol–water partition coefficient (Wildman–Crippen LogP) is 4.10. The molecule has 1 aromatic carbocycles. The van der Waals surface area contributed by atoms with Crippen molar-refractivity contribution in [2.24, 2.45) is 5.92 Å². The summed E-state index contributed by atoms with van der Waals surface area (Å²) >= 11 is 0. The molecule has 1 aliphatic rings. The lowest BCUT2D eigenvalue weighted by atomic mass is 9.85. The van der Waals surface area contributed by atoms with Gasteiger partial charge in [0.1, 0.15) is 0 Å². The lowest BCUT2D eigenvalue weighted by Gasteiger charge is -2.31. The van der Waals surface area contributed by atoms with Gasteiger partial charge in [0.25, 0.3) is 0 Å². The number of alkyl halides is 3. The topological polar surface area (TPSA) is 40.7 Å². The molecular formula is C14H16F3N3. The zero-order valence-electron chi connectivity index (χ0n) is 10.9. The van der Waals surface area contributed by atoms with Crippen molar-refractivity contribution in [1.82, 2.24) is 10.2 Å². The van der Waals surface area contributed by atoms with Crippen LogP contribution in [0.15, 0.2) is 24.4 Å². The molecule has 6 heteroatoms. The minimum Gasteiger partial charge on any atom is -0.381 e. The summed E-state index contributed by atoms with van der Waals surface area (Å²) in [5.74, 6) is -1.19. The molecule has 3 nitrogen and oxygen atoms in total. The maximum atomic E-state index is 12.8. The first kappa shape index (κ1) is 13.3. The molecule has 20 heavy (non-hydrogen) atoms. The smallest absolute Gasteiger partial charge is 0.381 e. The second-order valence-corrected chi connectivity index (χ2v) is 5.39. The van der Waals surface area contributed by atoms with Gasteiger partial charge in [-0.25, -0.2) is 0 Å². The van der Waals surface area contributed by atoms with E-state index in [1.807, 2.05) is 18.2 Å². The molecular weight excluding hydrogens is 267 g/mol. The van der Waals surface area contributed by atoms with E-state index in [1.165, 1.54) is 0 Å². The van der Waals surface area contributed by atoms with E-state index < -0.39 is 12.1 Å². The molecule has 1 aromatic heterocycles. The van der Waals surface area contributed by atoms with E-state index >= 15 is 0 Å². The normalized spacial score (nSPS) is 23.9. The quantitative estimate of drug-likeness (QED) is 0.871. The highest BCUT2D eigenvalue weighted by Gasteiger charge is 2.42. The molecule has 108 valence electrons. The van der Waals surface area contributed by atoms with Gasteiger partial charge in [0, 0.05) is 11.4 Å². The van der Waals surface area contributed by atoms with Crippen LogP contribution in [-0.2, 0) is 0 Å². The molecule has 2 aromatic rings. The molecule has 0 saturated heterocycles. The Morgan fingerprint density at radius 3 is 2.90 bits per heavy atom. The Morgan fingerprint density at radius 2 is 2.10 bits per heavy atom. The van der Waals surface area contributed by atoms with E-state index in [0.717, 1.165) is 23.0 Å². The van der Waals surface area contributed by atoms with Crippen molar-refractivity contribution in [2.75, 3.05) is 5.32 Å². The van der Waals surface area contributed by atoms with Gasteiger partial charge in [-0.05, 0) is 25.3 Å². The maximum Gasteiger partial charge on any atom is 0.391 e. The summed E-state index contributed by atoms with van der Waals surface area (Å²) in [6.45, 7) is 0. The van der Waals surface area contributed by atoms with Crippen LogP contribution in [0, 0.1) is 5.92 Å². The Hall–Kier alpha value is -1.72. The number of aromatic nitrogens is 2. The van der Waals surface area contributed by atoms with Crippen molar-refractivity contribution in [3.05, 3.63) is 24.4 Å². The summed E-state index contributed by atoms with van der Waals surface area (Å²) in [6.07, 6.45) is -0.595. The largest absolute Gasteiger partial charge is 0.391 e. The third-order valence-electron chi connectivity index (χ3n) is 3.97. The summed E-state index contributed by atoms with van der Waals surface area (Å²) < 4.78 is 38.4. The lowest BCUT2D eigenvalue weighted by Crippen LogP contribution is -2.34. The highest BCUT2D eigenvalue weighted by Crippen LogP contribution is 2.38. The molecule has 0 spiro atoms. The van der Waals surface area contributed by atoms with Crippen LogP contribution in [0.25, 0.3) is 10.9 Å². The van der Waals surface area contributed by atoms with Crippen molar-refractivity contribution in [1.29, 1.82) is 0 Å². The van der Waals surface area contributed by atoms with Gasteiger partial charge in [-0.1, -0.05) is 18.6 Å². The third-order valence-corrected chi connectivity index (χ3v) is 3.97.